The summed E-state index contributed by atoms with van der Waals surface area (Å²) in [5.41, 5.74) is 2.20. The average molecular weight is 263 g/mol. The van der Waals surface area contributed by atoms with Crippen LogP contribution in [0.3, 0.4) is 0 Å². The summed E-state index contributed by atoms with van der Waals surface area (Å²) < 4.78 is 4.74. The number of fused-ring (bicyclic) bond motifs is 1. The first-order valence-electron chi connectivity index (χ1n) is 6.58. The summed E-state index contributed by atoms with van der Waals surface area (Å²) in [6, 6.07) is 7.99. The van der Waals surface area contributed by atoms with E-state index in [1.54, 1.807) is 0 Å². The molecule has 4 heteroatoms. The van der Waals surface area contributed by atoms with E-state index in [-0.39, 0.29) is 17.9 Å². The molecule has 0 saturated carbocycles. The number of aliphatic hydroxyl groups is 1. The summed E-state index contributed by atoms with van der Waals surface area (Å²) in [5.74, 6) is -0.400. The number of rotatable bonds is 4. The number of carbonyl (C=O) groups is 1. The Morgan fingerprint density at radius 1 is 1.53 bits per heavy atom. The standard InChI is InChI=1S/C15H21NO3/c1-10(15(18)19-3)9-16(2)13-8-11-6-4-5-7-12(11)14(13)17/h4-7,10,13-14,17H,8-9H2,1-3H3. The molecule has 4 nitrogen and oxygen atoms in total. The normalized spacial score (nSPS) is 23.2. The van der Waals surface area contributed by atoms with Crippen LogP contribution in [0.4, 0.5) is 0 Å². The lowest BCUT2D eigenvalue weighted by Gasteiger charge is -2.28. The first-order valence-corrected chi connectivity index (χ1v) is 6.58. The smallest absolute Gasteiger partial charge is 0.309 e. The summed E-state index contributed by atoms with van der Waals surface area (Å²) >= 11 is 0. The van der Waals surface area contributed by atoms with Gasteiger partial charge in [0, 0.05) is 12.6 Å². The SMILES string of the molecule is COC(=O)C(C)CN(C)C1Cc2ccccc2C1O. The monoisotopic (exact) mass is 263 g/mol. The van der Waals surface area contributed by atoms with Crippen LogP contribution in [0.15, 0.2) is 24.3 Å². The molecule has 0 spiro atoms. The van der Waals surface area contributed by atoms with Crippen LogP contribution >= 0.6 is 0 Å². The largest absolute Gasteiger partial charge is 0.469 e. The van der Waals surface area contributed by atoms with E-state index in [1.807, 2.05) is 37.1 Å². The quantitative estimate of drug-likeness (QED) is 0.834. The van der Waals surface area contributed by atoms with Gasteiger partial charge in [0.15, 0.2) is 0 Å². The van der Waals surface area contributed by atoms with E-state index in [9.17, 15) is 9.90 Å². The van der Waals surface area contributed by atoms with Crippen LogP contribution in [0.2, 0.25) is 0 Å². The van der Waals surface area contributed by atoms with Crippen LogP contribution in [0.1, 0.15) is 24.2 Å². The van der Waals surface area contributed by atoms with Crippen molar-refractivity contribution in [2.75, 3.05) is 20.7 Å². The fourth-order valence-corrected chi connectivity index (χ4v) is 2.79. The van der Waals surface area contributed by atoms with Crippen molar-refractivity contribution in [2.45, 2.75) is 25.5 Å². The topological polar surface area (TPSA) is 49.8 Å². The lowest BCUT2D eigenvalue weighted by atomic mass is 10.1. The molecule has 1 N–H and O–H groups in total. The van der Waals surface area contributed by atoms with Crippen molar-refractivity contribution in [3.8, 4) is 0 Å². The van der Waals surface area contributed by atoms with Gasteiger partial charge in [0.1, 0.15) is 0 Å². The number of nitrogens with zero attached hydrogens (tertiary/aromatic N) is 1. The Morgan fingerprint density at radius 3 is 2.84 bits per heavy atom. The van der Waals surface area contributed by atoms with Crippen molar-refractivity contribution >= 4 is 5.97 Å². The number of aliphatic hydroxyl groups excluding tert-OH is 1. The molecule has 0 amide bonds. The Kier molecular flexibility index (Phi) is 4.22. The van der Waals surface area contributed by atoms with Gasteiger partial charge in [0.25, 0.3) is 0 Å². The third kappa shape index (κ3) is 2.80. The van der Waals surface area contributed by atoms with Crippen LogP contribution in [0, 0.1) is 5.92 Å². The Balaban J connectivity index is 2.03. The number of likely N-dealkylation sites (N-methyl/N-ethyl adjacent to an activating group) is 1. The van der Waals surface area contributed by atoms with Crippen molar-refractivity contribution in [1.82, 2.24) is 4.90 Å². The highest BCUT2D eigenvalue weighted by atomic mass is 16.5. The highest BCUT2D eigenvalue weighted by Crippen LogP contribution is 2.33. The minimum Gasteiger partial charge on any atom is -0.469 e. The highest BCUT2D eigenvalue weighted by Gasteiger charge is 2.34. The van der Waals surface area contributed by atoms with Gasteiger partial charge in [-0.25, -0.2) is 0 Å². The molecule has 0 saturated heterocycles. The van der Waals surface area contributed by atoms with E-state index in [0.29, 0.717) is 6.54 Å². The maximum Gasteiger partial charge on any atom is 0.309 e. The average Bonchev–Trinajstić information content (AvgIpc) is 2.75. The summed E-state index contributed by atoms with van der Waals surface area (Å²) in [6.45, 7) is 2.43. The molecule has 19 heavy (non-hydrogen) atoms. The zero-order valence-electron chi connectivity index (χ0n) is 11.7. The summed E-state index contributed by atoms with van der Waals surface area (Å²) in [7, 11) is 3.35. The molecule has 0 aliphatic heterocycles. The molecule has 3 unspecified atom stereocenters. The zero-order chi connectivity index (χ0) is 14.0. The lowest BCUT2D eigenvalue weighted by molar-refractivity contribution is -0.145. The molecule has 0 fully saturated rings. The minimum atomic E-state index is -0.481. The third-order valence-electron chi connectivity index (χ3n) is 3.90. The van der Waals surface area contributed by atoms with E-state index in [0.717, 1.165) is 12.0 Å². The maximum absolute atomic E-state index is 11.5. The molecule has 1 aromatic carbocycles. The first-order chi connectivity index (χ1) is 9.04. The van der Waals surface area contributed by atoms with E-state index < -0.39 is 6.10 Å². The van der Waals surface area contributed by atoms with Gasteiger partial charge in [-0.2, -0.15) is 0 Å². The number of hydrogen-bond acceptors (Lipinski definition) is 4. The number of hydrogen-bond donors (Lipinski definition) is 1. The number of methoxy groups -OCH3 is 1. The third-order valence-corrected chi connectivity index (χ3v) is 3.90. The molecule has 0 radical (unpaired) electrons. The second-order valence-corrected chi connectivity index (χ2v) is 5.28. The van der Waals surface area contributed by atoms with Gasteiger partial charge in [-0.3, -0.25) is 9.69 Å². The van der Waals surface area contributed by atoms with Gasteiger partial charge in [-0.15, -0.1) is 0 Å². The predicted molar refractivity (Wildman–Crippen MR) is 72.7 cm³/mol. The highest BCUT2D eigenvalue weighted by molar-refractivity contribution is 5.72. The number of ether oxygens (including phenoxy) is 1. The van der Waals surface area contributed by atoms with Crippen LogP contribution in [0.5, 0.6) is 0 Å². The molecule has 0 aromatic heterocycles. The van der Waals surface area contributed by atoms with Crippen molar-refractivity contribution in [2.24, 2.45) is 5.92 Å². The van der Waals surface area contributed by atoms with Gasteiger partial charge in [0.05, 0.1) is 19.1 Å². The maximum atomic E-state index is 11.5. The first kappa shape index (κ1) is 14.0. The van der Waals surface area contributed by atoms with Crippen molar-refractivity contribution in [3.63, 3.8) is 0 Å². The molecule has 1 aliphatic rings. The summed E-state index contributed by atoms with van der Waals surface area (Å²) in [4.78, 5) is 13.5. The fraction of sp³-hybridized carbons (Fsp3) is 0.533. The second-order valence-electron chi connectivity index (χ2n) is 5.28. The van der Waals surface area contributed by atoms with E-state index in [2.05, 4.69) is 6.07 Å². The predicted octanol–water partition coefficient (Wildman–Crippen LogP) is 1.39. The Labute approximate surface area is 114 Å². The van der Waals surface area contributed by atoms with E-state index >= 15 is 0 Å². The van der Waals surface area contributed by atoms with Crippen LogP contribution < -0.4 is 0 Å². The molecule has 1 aromatic rings. The number of benzene rings is 1. The zero-order valence-corrected chi connectivity index (χ0v) is 11.7. The van der Waals surface area contributed by atoms with Crippen LogP contribution in [-0.4, -0.2) is 42.7 Å². The molecule has 1 aliphatic carbocycles. The van der Waals surface area contributed by atoms with Crippen molar-refractivity contribution in [1.29, 1.82) is 0 Å². The lowest BCUT2D eigenvalue weighted by Crippen LogP contribution is -2.39. The van der Waals surface area contributed by atoms with Gasteiger partial charge in [-0.05, 0) is 24.6 Å². The molecule has 0 bridgehead atoms. The molecule has 3 atom stereocenters. The van der Waals surface area contributed by atoms with E-state index in [1.165, 1.54) is 12.7 Å². The Hall–Kier alpha value is -1.39. The molecule has 0 heterocycles. The Morgan fingerprint density at radius 2 is 2.21 bits per heavy atom. The summed E-state index contributed by atoms with van der Waals surface area (Å²) in [6.07, 6.45) is 0.341. The van der Waals surface area contributed by atoms with Crippen molar-refractivity contribution in [3.05, 3.63) is 35.4 Å². The van der Waals surface area contributed by atoms with Gasteiger partial charge < -0.3 is 9.84 Å². The molecule has 104 valence electrons. The summed E-state index contributed by atoms with van der Waals surface area (Å²) in [5, 5.41) is 10.4. The van der Waals surface area contributed by atoms with Crippen molar-refractivity contribution < 1.29 is 14.6 Å². The van der Waals surface area contributed by atoms with Gasteiger partial charge in [0.2, 0.25) is 0 Å². The Bertz CT molecular complexity index is 460. The second kappa shape index (κ2) is 5.72. The molecular formula is C15H21NO3. The van der Waals surface area contributed by atoms with E-state index in [4.69, 9.17) is 4.74 Å². The fourth-order valence-electron chi connectivity index (χ4n) is 2.79. The molecular weight excluding hydrogens is 242 g/mol. The van der Waals surface area contributed by atoms with Gasteiger partial charge >= 0.3 is 5.97 Å². The minimum absolute atomic E-state index is 0.0320. The molecule has 2 rings (SSSR count). The van der Waals surface area contributed by atoms with Crippen LogP contribution in [0.25, 0.3) is 0 Å². The number of esters is 1. The number of carbonyl (C=O) groups excluding carboxylic acids is 1. The van der Waals surface area contributed by atoms with Gasteiger partial charge in [-0.1, -0.05) is 31.2 Å². The van der Waals surface area contributed by atoms with Crippen LogP contribution in [-0.2, 0) is 16.0 Å².